The van der Waals surface area contributed by atoms with Gasteiger partial charge >= 0.3 is 0 Å². The predicted molar refractivity (Wildman–Crippen MR) is 63.3 cm³/mol. The number of hydrogen-bond acceptors (Lipinski definition) is 3. The van der Waals surface area contributed by atoms with E-state index < -0.39 is 5.60 Å². The second-order valence-electron chi connectivity index (χ2n) is 4.60. The van der Waals surface area contributed by atoms with Gasteiger partial charge in [0.25, 0.3) is 0 Å². The second-order valence-corrected chi connectivity index (χ2v) is 4.60. The van der Waals surface area contributed by atoms with E-state index in [0.717, 1.165) is 5.56 Å². The number of hydrogen-bond donors (Lipinski definition) is 2. The highest BCUT2D eigenvalue weighted by Gasteiger charge is 2.25. The van der Waals surface area contributed by atoms with E-state index in [0.29, 0.717) is 5.75 Å². The number of benzene rings is 1. The van der Waals surface area contributed by atoms with Crippen LogP contribution in [0.25, 0.3) is 0 Å². The van der Waals surface area contributed by atoms with E-state index in [4.69, 9.17) is 9.84 Å². The van der Waals surface area contributed by atoms with E-state index in [2.05, 4.69) is 0 Å². The summed E-state index contributed by atoms with van der Waals surface area (Å²) in [6, 6.07) is 7.20. The highest BCUT2D eigenvalue weighted by molar-refractivity contribution is 5.26. The van der Waals surface area contributed by atoms with Gasteiger partial charge in [0.1, 0.15) is 12.4 Å². The first-order valence-electron chi connectivity index (χ1n) is 5.50. The first kappa shape index (κ1) is 13.0. The molecule has 0 saturated carbocycles. The molecule has 3 nitrogen and oxygen atoms in total. The van der Waals surface area contributed by atoms with Crippen molar-refractivity contribution in [2.24, 2.45) is 5.92 Å². The molecule has 2 N–H and O–H groups in total. The summed E-state index contributed by atoms with van der Waals surface area (Å²) in [7, 11) is 0. The van der Waals surface area contributed by atoms with E-state index >= 15 is 0 Å². The van der Waals surface area contributed by atoms with Crippen LogP contribution in [0.15, 0.2) is 24.3 Å². The molecule has 0 aliphatic rings. The molecule has 0 amide bonds. The van der Waals surface area contributed by atoms with E-state index in [1.54, 1.807) is 31.2 Å². The lowest BCUT2D eigenvalue weighted by atomic mass is 9.94. The summed E-state index contributed by atoms with van der Waals surface area (Å²) < 4.78 is 5.50. The van der Waals surface area contributed by atoms with Crippen molar-refractivity contribution in [3.63, 3.8) is 0 Å². The molecule has 1 rings (SSSR count). The lowest BCUT2D eigenvalue weighted by Gasteiger charge is -2.27. The Balaban J connectivity index is 2.54. The SMILES string of the molecule is CC(C)C(C)(O)COc1ccc(CO)cc1. The van der Waals surface area contributed by atoms with E-state index in [1.165, 1.54) is 0 Å². The fourth-order valence-electron chi connectivity index (χ4n) is 1.09. The lowest BCUT2D eigenvalue weighted by Crippen LogP contribution is -2.37. The molecular formula is C13H20O3. The predicted octanol–water partition coefficient (Wildman–Crippen LogP) is 1.96. The summed E-state index contributed by atoms with van der Waals surface area (Å²) in [5, 5.41) is 18.9. The molecule has 16 heavy (non-hydrogen) atoms. The van der Waals surface area contributed by atoms with Gasteiger partial charge in [-0.05, 0) is 30.5 Å². The van der Waals surface area contributed by atoms with Gasteiger partial charge in [-0.25, -0.2) is 0 Å². The molecule has 90 valence electrons. The van der Waals surface area contributed by atoms with Crippen molar-refractivity contribution >= 4 is 0 Å². The van der Waals surface area contributed by atoms with Gasteiger partial charge in [0, 0.05) is 0 Å². The van der Waals surface area contributed by atoms with Crippen LogP contribution >= 0.6 is 0 Å². The zero-order chi connectivity index (χ0) is 12.2. The molecule has 0 bridgehead atoms. The fraction of sp³-hybridized carbons (Fsp3) is 0.538. The minimum Gasteiger partial charge on any atom is -0.491 e. The van der Waals surface area contributed by atoms with E-state index in [-0.39, 0.29) is 19.1 Å². The Morgan fingerprint density at radius 3 is 2.25 bits per heavy atom. The van der Waals surface area contributed by atoms with Crippen LogP contribution in [0.5, 0.6) is 5.75 Å². The van der Waals surface area contributed by atoms with Crippen LogP contribution < -0.4 is 4.74 Å². The average Bonchev–Trinajstić information content (AvgIpc) is 2.27. The minimum atomic E-state index is -0.824. The maximum absolute atomic E-state index is 9.99. The highest BCUT2D eigenvalue weighted by Crippen LogP contribution is 2.19. The zero-order valence-electron chi connectivity index (χ0n) is 10.1. The van der Waals surface area contributed by atoms with Crippen molar-refractivity contribution in [2.45, 2.75) is 33.0 Å². The minimum absolute atomic E-state index is 0.0317. The summed E-state index contributed by atoms with van der Waals surface area (Å²) >= 11 is 0. The first-order valence-corrected chi connectivity index (χ1v) is 5.50. The fourth-order valence-corrected chi connectivity index (χ4v) is 1.09. The second kappa shape index (κ2) is 5.32. The van der Waals surface area contributed by atoms with Gasteiger partial charge in [-0.2, -0.15) is 0 Å². The molecule has 1 aromatic carbocycles. The smallest absolute Gasteiger partial charge is 0.119 e. The Labute approximate surface area is 96.7 Å². The zero-order valence-corrected chi connectivity index (χ0v) is 10.1. The molecule has 0 heterocycles. The summed E-state index contributed by atoms with van der Waals surface area (Å²) in [5.41, 5.74) is 0.0262. The van der Waals surface area contributed by atoms with Gasteiger partial charge in [-0.1, -0.05) is 26.0 Å². The van der Waals surface area contributed by atoms with Crippen molar-refractivity contribution in [3.05, 3.63) is 29.8 Å². The van der Waals surface area contributed by atoms with Crippen LogP contribution in [0.2, 0.25) is 0 Å². The maximum atomic E-state index is 9.99. The van der Waals surface area contributed by atoms with Crippen LogP contribution in [0.3, 0.4) is 0 Å². The highest BCUT2D eigenvalue weighted by atomic mass is 16.5. The van der Waals surface area contributed by atoms with Gasteiger partial charge in [0.15, 0.2) is 0 Å². The Morgan fingerprint density at radius 1 is 1.25 bits per heavy atom. The van der Waals surface area contributed by atoms with Gasteiger partial charge in [-0.15, -0.1) is 0 Å². The van der Waals surface area contributed by atoms with E-state index in [1.807, 2.05) is 13.8 Å². The van der Waals surface area contributed by atoms with Crippen LogP contribution in [0, 0.1) is 5.92 Å². The third kappa shape index (κ3) is 3.51. The quantitative estimate of drug-likeness (QED) is 0.804. The van der Waals surface area contributed by atoms with Crippen LogP contribution in [-0.2, 0) is 6.61 Å². The Kier molecular flexibility index (Phi) is 4.33. The molecule has 0 spiro atoms. The van der Waals surface area contributed by atoms with Crippen LogP contribution in [0.1, 0.15) is 26.3 Å². The molecule has 0 aromatic heterocycles. The molecule has 0 fully saturated rings. The molecule has 0 saturated heterocycles. The Morgan fingerprint density at radius 2 is 1.81 bits per heavy atom. The number of aliphatic hydroxyl groups excluding tert-OH is 1. The van der Waals surface area contributed by atoms with Crippen LogP contribution in [-0.4, -0.2) is 22.4 Å². The molecular weight excluding hydrogens is 204 g/mol. The number of aliphatic hydroxyl groups is 2. The Hall–Kier alpha value is -1.06. The Bertz CT molecular complexity index is 314. The molecule has 0 radical (unpaired) electrons. The van der Waals surface area contributed by atoms with Gasteiger partial charge < -0.3 is 14.9 Å². The normalized spacial score (nSPS) is 14.9. The standard InChI is InChI=1S/C13H20O3/c1-10(2)13(3,15)9-16-12-6-4-11(8-14)5-7-12/h4-7,10,14-15H,8-9H2,1-3H3. The summed E-state index contributed by atoms with van der Waals surface area (Å²) in [4.78, 5) is 0. The average molecular weight is 224 g/mol. The molecule has 3 heteroatoms. The summed E-state index contributed by atoms with van der Waals surface area (Å²) in [6.07, 6.45) is 0. The molecule has 0 aliphatic heterocycles. The van der Waals surface area contributed by atoms with Crippen molar-refractivity contribution in [3.8, 4) is 5.75 Å². The summed E-state index contributed by atoms with van der Waals surface area (Å²) in [5.74, 6) is 0.849. The van der Waals surface area contributed by atoms with Crippen LogP contribution in [0.4, 0.5) is 0 Å². The first-order chi connectivity index (χ1) is 7.45. The summed E-state index contributed by atoms with van der Waals surface area (Å²) in [6.45, 7) is 5.98. The maximum Gasteiger partial charge on any atom is 0.119 e. The lowest BCUT2D eigenvalue weighted by molar-refractivity contribution is -0.0266. The third-order valence-electron chi connectivity index (χ3n) is 2.88. The third-order valence-corrected chi connectivity index (χ3v) is 2.88. The largest absolute Gasteiger partial charge is 0.491 e. The van der Waals surface area contributed by atoms with Crippen molar-refractivity contribution in [1.29, 1.82) is 0 Å². The number of ether oxygens (including phenoxy) is 1. The number of rotatable bonds is 5. The topological polar surface area (TPSA) is 49.7 Å². The molecule has 1 aromatic rings. The monoisotopic (exact) mass is 224 g/mol. The van der Waals surface area contributed by atoms with Crippen molar-refractivity contribution in [2.75, 3.05) is 6.61 Å². The van der Waals surface area contributed by atoms with Gasteiger partial charge in [0.05, 0.1) is 12.2 Å². The van der Waals surface area contributed by atoms with E-state index in [9.17, 15) is 5.11 Å². The molecule has 1 unspecified atom stereocenters. The van der Waals surface area contributed by atoms with Crippen molar-refractivity contribution in [1.82, 2.24) is 0 Å². The van der Waals surface area contributed by atoms with Gasteiger partial charge in [0.2, 0.25) is 0 Å². The van der Waals surface area contributed by atoms with Crippen molar-refractivity contribution < 1.29 is 14.9 Å². The molecule has 0 aliphatic carbocycles. The molecule has 1 atom stereocenters. The van der Waals surface area contributed by atoms with Gasteiger partial charge in [-0.3, -0.25) is 0 Å².